The molecule has 0 bridgehead atoms. The molecule has 0 aromatic heterocycles. The smallest absolute Gasteiger partial charge is 0.0777 e. The molecular weight excluding hydrogens is 236 g/mol. The number of nitrogens with zero attached hydrogens (tertiary/aromatic N) is 1. The van der Waals surface area contributed by atoms with Crippen LogP contribution in [0, 0.1) is 5.41 Å². The van der Waals surface area contributed by atoms with Crippen LogP contribution < -0.4 is 5.32 Å². The van der Waals surface area contributed by atoms with Crippen LogP contribution in [0.15, 0.2) is 0 Å². The molecule has 1 rings (SSSR count). The maximum atomic E-state index is 5.70. The molecule has 1 fully saturated rings. The molecule has 0 saturated carbocycles. The number of hydrogen-bond acceptors (Lipinski definition) is 3. The van der Waals surface area contributed by atoms with Crippen LogP contribution in [-0.4, -0.2) is 49.8 Å². The van der Waals surface area contributed by atoms with Crippen LogP contribution >= 0.6 is 0 Å². The second kappa shape index (κ2) is 7.05. The number of nitrogens with one attached hydrogen (secondary N) is 1. The first kappa shape index (κ1) is 16.9. The van der Waals surface area contributed by atoms with Gasteiger partial charge in [0.1, 0.15) is 0 Å². The van der Waals surface area contributed by atoms with Crippen molar-refractivity contribution in [2.24, 2.45) is 5.41 Å². The second-order valence-corrected chi connectivity index (χ2v) is 7.37. The van der Waals surface area contributed by atoms with Gasteiger partial charge in [-0.05, 0) is 44.7 Å². The van der Waals surface area contributed by atoms with Crippen LogP contribution in [0.3, 0.4) is 0 Å². The first-order valence-electron chi connectivity index (χ1n) is 7.81. The fraction of sp³-hybridized carbons (Fsp3) is 1.00. The lowest BCUT2D eigenvalue weighted by atomic mass is 9.85. The topological polar surface area (TPSA) is 24.5 Å². The highest BCUT2D eigenvalue weighted by atomic mass is 16.5. The normalized spacial score (nSPS) is 27.5. The number of piperidine rings is 1. The Bertz CT molecular complexity index is 262. The molecule has 0 aromatic rings. The Kier molecular flexibility index (Phi) is 6.28. The molecule has 3 nitrogen and oxygen atoms in total. The van der Waals surface area contributed by atoms with E-state index in [9.17, 15) is 0 Å². The minimum absolute atomic E-state index is 0.0471. The summed E-state index contributed by atoms with van der Waals surface area (Å²) in [4.78, 5) is 2.57. The zero-order chi connectivity index (χ0) is 14.5. The Morgan fingerprint density at radius 2 is 2.05 bits per heavy atom. The van der Waals surface area contributed by atoms with Crippen molar-refractivity contribution in [1.82, 2.24) is 10.2 Å². The molecule has 3 heteroatoms. The molecular formula is C16H34N2O. The van der Waals surface area contributed by atoms with Gasteiger partial charge >= 0.3 is 0 Å². The summed E-state index contributed by atoms with van der Waals surface area (Å²) >= 11 is 0. The van der Waals surface area contributed by atoms with Crippen LogP contribution in [0.25, 0.3) is 0 Å². The number of ether oxygens (including phenoxy) is 1. The van der Waals surface area contributed by atoms with Crippen LogP contribution in [0.2, 0.25) is 0 Å². The molecule has 1 saturated heterocycles. The number of methoxy groups -OCH3 is 1. The Morgan fingerprint density at radius 1 is 1.37 bits per heavy atom. The number of hydrogen-bond donors (Lipinski definition) is 1. The van der Waals surface area contributed by atoms with E-state index >= 15 is 0 Å². The Morgan fingerprint density at radius 3 is 2.58 bits per heavy atom. The molecule has 0 amide bonds. The zero-order valence-corrected chi connectivity index (χ0v) is 13.9. The SMILES string of the molecule is CCCNC(CN1CCCC(C)(OC)C1)C(C)(C)C. The molecule has 2 atom stereocenters. The first-order chi connectivity index (χ1) is 8.80. The van der Waals surface area contributed by atoms with E-state index in [0.29, 0.717) is 11.5 Å². The van der Waals surface area contributed by atoms with E-state index in [1.54, 1.807) is 0 Å². The third kappa shape index (κ3) is 5.41. The van der Waals surface area contributed by atoms with Gasteiger partial charge in [0.05, 0.1) is 5.60 Å². The molecule has 1 heterocycles. The van der Waals surface area contributed by atoms with Gasteiger partial charge in [-0.1, -0.05) is 27.7 Å². The van der Waals surface area contributed by atoms with Gasteiger partial charge in [-0.25, -0.2) is 0 Å². The largest absolute Gasteiger partial charge is 0.377 e. The monoisotopic (exact) mass is 270 g/mol. The lowest BCUT2D eigenvalue weighted by Crippen LogP contribution is -2.54. The summed E-state index contributed by atoms with van der Waals surface area (Å²) in [6, 6.07) is 0.548. The van der Waals surface area contributed by atoms with Gasteiger partial charge in [0.25, 0.3) is 0 Å². The van der Waals surface area contributed by atoms with Crippen molar-refractivity contribution >= 4 is 0 Å². The molecule has 114 valence electrons. The predicted molar refractivity (Wildman–Crippen MR) is 82.6 cm³/mol. The molecule has 0 spiro atoms. The van der Waals surface area contributed by atoms with Crippen molar-refractivity contribution in [3.05, 3.63) is 0 Å². The zero-order valence-electron chi connectivity index (χ0n) is 13.9. The van der Waals surface area contributed by atoms with E-state index in [2.05, 4.69) is 44.8 Å². The lowest BCUT2D eigenvalue weighted by Gasteiger charge is -2.43. The number of likely N-dealkylation sites (tertiary alicyclic amines) is 1. The maximum absolute atomic E-state index is 5.70. The van der Waals surface area contributed by atoms with Crippen molar-refractivity contribution in [3.63, 3.8) is 0 Å². The fourth-order valence-corrected chi connectivity index (χ4v) is 2.85. The van der Waals surface area contributed by atoms with Crippen molar-refractivity contribution in [1.29, 1.82) is 0 Å². The molecule has 1 N–H and O–H groups in total. The molecule has 2 unspecified atom stereocenters. The highest BCUT2D eigenvalue weighted by Crippen LogP contribution is 2.26. The third-order valence-corrected chi connectivity index (χ3v) is 4.36. The van der Waals surface area contributed by atoms with Crippen LogP contribution in [0.4, 0.5) is 0 Å². The summed E-state index contributed by atoms with van der Waals surface area (Å²) in [7, 11) is 1.85. The van der Waals surface area contributed by atoms with Crippen molar-refractivity contribution in [2.75, 3.05) is 33.3 Å². The van der Waals surface area contributed by atoms with Crippen molar-refractivity contribution in [2.45, 2.75) is 65.5 Å². The summed E-state index contributed by atoms with van der Waals surface area (Å²) in [5, 5.41) is 3.72. The van der Waals surface area contributed by atoms with E-state index in [0.717, 1.165) is 19.6 Å². The summed E-state index contributed by atoms with van der Waals surface area (Å²) in [6.07, 6.45) is 3.62. The Balaban J connectivity index is 2.58. The maximum Gasteiger partial charge on any atom is 0.0777 e. The average molecular weight is 270 g/mol. The first-order valence-corrected chi connectivity index (χ1v) is 7.81. The van der Waals surface area contributed by atoms with Gasteiger partial charge in [-0.2, -0.15) is 0 Å². The Labute approximate surface area is 120 Å². The molecule has 0 radical (unpaired) electrons. The van der Waals surface area contributed by atoms with Crippen molar-refractivity contribution in [3.8, 4) is 0 Å². The van der Waals surface area contributed by atoms with E-state index in [1.807, 2.05) is 7.11 Å². The second-order valence-electron chi connectivity index (χ2n) is 7.37. The van der Waals surface area contributed by atoms with E-state index in [1.165, 1.54) is 25.8 Å². The third-order valence-electron chi connectivity index (χ3n) is 4.36. The molecule has 0 aliphatic carbocycles. The van der Waals surface area contributed by atoms with E-state index in [4.69, 9.17) is 4.74 Å². The fourth-order valence-electron chi connectivity index (χ4n) is 2.85. The van der Waals surface area contributed by atoms with Crippen LogP contribution in [-0.2, 0) is 4.74 Å². The van der Waals surface area contributed by atoms with Gasteiger partial charge in [0.15, 0.2) is 0 Å². The van der Waals surface area contributed by atoms with Crippen LogP contribution in [0.5, 0.6) is 0 Å². The minimum atomic E-state index is 0.0471. The standard InChI is InChI=1S/C16H34N2O/c1-7-10-17-14(15(2,3)4)12-18-11-8-9-16(5,13-18)19-6/h14,17H,7-13H2,1-6H3. The average Bonchev–Trinajstić information content (AvgIpc) is 2.33. The van der Waals surface area contributed by atoms with Gasteiger partial charge in [0.2, 0.25) is 0 Å². The Hall–Kier alpha value is -0.120. The van der Waals surface area contributed by atoms with E-state index in [-0.39, 0.29) is 5.60 Å². The molecule has 1 aliphatic rings. The van der Waals surface area contributed by atoms with Gasteiger partial charge in [0, 0.05) is 26.2 Å². The summed E-state index contributed by atoms with van der Waals surface area (Å²) in [6.45, 7) is 16.0. The lowest BCUT2D eigenvalue weighted by molar-refractivity contribution is -0.0547. The minimum Gasteiger partial charge on any atom is -0.377 e. The quantitative estimate of drug-likeness (QED) is 0.803. The van der Waals surface area contributed by atoms with Gasteiger partial charge in [-0.3, -0.25) is 4.90 Å². The summed E-state index contributed by atoms with van der Waals surface area (Å²) in [5.41, 5.74) is 0.349. The van der Waals surface area contributed by atoms with Crippen LogP contribution in [0.1, 0.15) is 53.9 Å². The van der Waals surface area contributed by atoms with Crippen molar-refractivity contribution < 1.29 is 4.74 Å². The molecule has 0 aromatic carbocycles. The predicted octanol–water partition coefficient (Wildman–Crippen LogP) is 2.90. The van der Waals surface area contributed by atoms with Gasteiger partial charge in [-0.15, -0.1) is 0 Å². The highest BCUT2D eigenvalue weighted by Gasteiger charge is 2.33. The summed E-state index contributed by atoms with van der Waals surface area (Å²) < 4.78 is 5.70. The summed E-state index contributed by atoms with van der Waals surface area (Å²) in [5.74, 6) is 0. The number of rotatable bonds is 6. The van der Waals surface area contributed by atoms with E-state index < -0.39 is 0 Å². The molecule has 1 aliphatic heterocycles. The van der Waals surface area contributed by atoms with Gasteiger partial charge < -0.3 is 10.1 Å². The highest BCUT2D eigenvalue weighted by molar-refractivity contribution is 4.89. The molecule has 19 heavy (non-hydrogen) atoms.